The lowest BCUT2D eigenvalue weighted by Crippen LogP contribution is -2.57. The first-order chi connectivity index (χ1) is 13.1. The van der Waals surface area contributed by atoms with Crippen LogP contribution in [-0.4, -0.2) is 80.0 Å². The topological polar surface area (TPSA) is 186 Å². The molecule has 1 heterocycles. The fourth-order valence-electron chi connectivity index (χ4n) is 2.45. The lowest BCUT2D eigenvalue weighted by Gasteiger charge is -2.39. The third-order valence-electron chi connectivity index (χ3n) is 3.89. The van der Waals surface area contributed by atoms with E-state index in [-0.39, 0.29) is 11.5 Å². The van der Waals surface area contributed by atoms with Crippen LogP contribution < -0.4 is 0 Å². The number of oxime groups is 1. The fraction of sp³-hybridized carbons (Fsp3) is 0.533. The van der Waals surface area contributed by atoms with Crippen molar-refractivity contribution in [1.29, 1.82) is 0 Å². The molecule has 6 unspecified atom stereocenters. The van der Waals surface area contributed by atoms with Gasteiger partial charge in [0.15, 0.2) is 0 Å². The number of thioether (sulfide) groups is 1. The van der Waals surface area contributed by atoms with Crippen LogP contribution in [0.25, 0.3) is 0 Å². The summed E-state index contributed by atoms with van der Waals surface area (Å²) in [6, 6.07) is 8.31. The van der Waals surface area contributed by atoms with Crippen molar-refractivity contribution in [2.24, 2.45) is 5.16 Å². The molecule has 1 aromatic carbocycles. The largest absolute Gasteiger partial charge is 0.466 e. The van der Waals surface area contributed by atoms with Crippen LogP contribution in [-0.2, 0) is 19.4 Å². The number of benzene rings is 1. The molecule has 1 fully saturated rings. The van der Waals surface area contributed by atoms with Crippen molar-refractivity contribution < 1.29 is 47.5 Å². The maximum Gasteiger partial charge on any atom is 0.466 e. The number of aliphatic hydroxyl groups is 5. The van der Waals surface area contributed by atoms with E-state index in [0.717, 1.165) is 0 Å². The Morgan fingerprint density at radius 3 is 2.39 bits per heavy atom. The van der Waals surface area contributed by atoms with Crippen molar-refractivity contribution >= 4 is 27.2 Å². The molecule has 0 amide bonds. The van der Waals surface area contributed by atoms with Crippen LogP contribution in [0.3, 0.4) is 0 Å². The lowest BCUT2D eigenvalue weighted by molar-refractivity contribution is -0.205. The Labute approximate surface area is 165 Å². The smallest absolute Gasteiger partial charge is 0.394 e. The zero-order valence-electron chi connectivity index (χ0n) is 14.3. The second-order valence-corrected chi connectivity index (χ2v) is 8.11. The van der Waals surface area contributed by atoms with E-state index in [1.54, 1.807) is 30.3 Å². The SMILES string of the molecule is O=S(=O)(O)ON=C(CC(O)c1ccccc1)SC1OC(CO)C(O)C(O)C1O. The number of hydrogen-bond donors (Lipinski definition) is 6. The number of ether oxygens (including phenoxy) is 1. The van der Waals surface area contributed by atoms with E-state index >= 15 is 0 Å². The molecule has 1 aliphatic heterocycles. The van der Waals surface area contributed by atoms with Gasteiger partial charge in [-0.25, -0.2) is 4.28 Å². The molecule has 0 radical (unpaired) electrons. The number of nitrogens with zero attached hydrogens (tertiary/aromatic N) is 1. The summed E-state index contributed by atoms with van der Waals surface area (Å²) < 4.78 is 39.6. The summed E-state index contributed by atoms with van der Waals surface area (Å²) in [7, 11) is -4.92. The van der Waals surface area contributed by atoms with Gasteiger partial charge in [0.2, 0.25) is 0 Å². The monoisotopic (exact) mass is 439 g/mol. The first-order valence-corrected chi connectivity index (χ1v) is 10.3. The second kappa shape index (κ2) is 9.96. The van der Waals surface area contributed by atoms with Crippen molar-refractivity contribution in [3.05, 3.63) is 35.9 Å². The van der Waals surface area contributed by atoms with Gasteiger partial charge in [0.05, 0.1) is 12.7 Å². The van der Waals surface area contributed by atoms with Crippen LogP contribution in [0.2, 0.25) is 0 Å². The average Bonchev–Trinajstić information content (AvgIpc) is 2.66. The zero-order valence-corrected chi connectivity index (χ0v) is 16.0. The van der Waals surface area contributed by atoms with Crippen molar-refractivity contribution in [3.8, 4) is 0 Å². The molecular weight excluding hydrogens is 418 g/mol. The second-order valence-electron chi connectivity index (χ2n) is 5.93. The van der Waals surface area contributed by atoms with Crippen LogP contribution in [0.15, 0.2) is 35.5 Å². The first-order valence-electron chi connectivity index (χ1n) is 8.05. The molecule has 1 aliphatic rings. The highest BCUT2D eigenvalue weighted by molar-refractivity contribution is 8.14. The van der Waals surface area contributed by atoms with Crippen LogP contribution in [0, 0.1) is 0 Å². The van der Waals surface area contributed by atoms with Crippen molar-refractivity contribution in [2.75, 3.05) is 6.61 Å². The van der Waals surface area contributed by atoms with Gasteiger partial charge >= 0.3 is 10.4 Å². The predicted octanol–water partition coefficient (Wildman–Crippen LogP) is -1.22. The summed E-state index contributed by atoms with van der Waals surface area (Å²) in [5.74, 6) is 0. The minimum absolute atomic E-state index is 0.196. The Kier molecular flexibility index (Phi) is 8.18. The molecule has 28 heavy (non-hydrogen) atoms. The lowest BCUT2D eigenvalue weighted by atomic mass is 10.0. The Bertz CT molecular complexity index is 757. The highest BCUT2D eigenvalue weighted by Gasteiger charge is 2.44. The van der Waals surface area contributed by atoms with Crippen LogP contribution >= 0.6 is 11.8 Å². The van der Waals surface area contributed by atoms with E-state index in [1.165, 1.54) is 0 Å². The molecule has 6 N–H and O–H groups in total. The van der Waals surface area contributed by atoms with Gasteiger partial charge in [-0.2, -0.15) is 8.42 Å². The molecule has 0 saturated carbocycles. The van der Waals surface area contributed by atoms with Gasteiger partial charge in [0.1, 0.15) is 34.9 Å². The Morgan fingerprint density at radius 2 is 1.82 bits per heavy atom. The van der Waals surface area contributed by atoms with E-state index < -0.39 is 53.0 Å². The molecule has 11 nitrogen and oxygen atoms in total. The van der Waals surface area contributed by atoms with Crippen LogP contribution in [0.5, 0.6) is 0 Å². The first kappa shape index (κ1) is 23.0. The molecule has 6 atom stereocenters. The number of hydrogen-bond acceptors (Lipinski definition) is 11. The van der Waals surface area contributed by atoms with E-state index in [9.17, 15) is 34.0 Å². The van der Waals surface area contributed by atoms with E-state index in [0.29, 0.717) is 17.3 Å². The van der Waals surface area contributed by atoms with E-state index in [1.807, 2.05) is 0 Å². The third kappa shape index (κ3) is 6.37. The molecule has 0 spiro atoms. The van der Waals surface area contributed by atoms with Crippen LogP contribution in [0.1, 0.15) is 18.1 Å². The van der Waals surface area contributed by atoms with Gasteiger partial charge in [-0.15, -0.1) is 0 Å². The van der Waals surface area contributed by atoms with Gasteiger partial charge in [0.25, 0.3) is 0 Å². The van der Waals surface area contributed by atoms with Gasteiger partial charge in [-0.1, -0.05) is 47.2 Å². The van der Waals surface area contributed by atoms with E-state index in [4.69, 9.17) is 9.29 Å². The summed E-state index contributed by atoms with van der Waals surface area (Å²) in [4.78, 5) is 0. The van der Waals surface area contributed by atoms with Crippen molar-refractivity contribution in [3.63, 3.8) is 0 Å². The van der Waals surface area contributed by atoms with Crippen molar-refractivity contribution in [2.45, 2.75) is 42.4 Å². The highest BCUT2D eigenvalue weighted by atomic mass is 32.3. The maximum atomic E-state index is 10.8. The Hall–Kier alpha value is -1.29. The number of aliphatic hydroxyl groups excluding tert-OH is 5. The van der Waals surface area contributed by atoms with Crippen LogP contribution in [0.4, 0.5) is 0 Å². The normalized spacial score (nSPS) is 30.1. The summed E-state index contributed by atoms with van der Waals surface area (Å²) in [5, 5.41) is 52.3. The fourth-order valence-corrected chi connectivity index (χ4v) is 3.79. The molecule has 1 saturated heterocycles. The molecule has 0 aliphatic carbocycles. The summed E-state index contributed by atoms with van der Waals surface area (Å²) >= 11 is 0.597. The zero-order chi connectivity index (χ0) is 20.9. The van der Waals surface area contributed by atoms with Crippen molar-refractivity contribution in [1.82, 2.24) is 0 Å². The molecule has 158 valence electrons. The summed E-state index contributed by atoms with van der Waals surface area (Å²) in [5.41, 5.74) is -0.793. The minimum Gasteiger partial charge on any atom is -0.394 e. The molecule has 0 bridgehead atoms. The quantitative estimate of drug-likeness (QED) is 0.129. The minimum atomic E-state index is -4.92. The Morgan fingerprint density at radius 1 is 1.18 bits per heavy atom. The molecular formula is C15H21NO10S2. The molecule has 0 aromatic heterocycles. The van der Waals surface area contributed by atoms with E-state index in [2.05, 4.69) is 9.44 Å². The predicted molar refractivity (Wildman–Crippen MR) is 97.4 cm³/mol. The number of rotatable bonds is 7. The molecule has 2 rings (SSSR count). The van der Waals surface area contributed by atoms with Gasteiger partial charge < -0.3 is 30.3 Å². The summed E-state index contributed by atoms with van der Waals surface area (Å²) in [6.07, 6.45) is -7.43. The summed E-state index contributed by atoms with van der Waals surface area (Å²) in [6.45, 7) is -0.650. The Balaban J connectivity index is 2.19. The van der Waals surface area contributed by atoms with Gasteiger partial charge in [-0.05, 0) is 5.56 Å². The molecule has 13 heteroatoms. The average molecular weight is 439 g/mol. The molecule has 1 aromatic rings. The third-order valence-corrected chi connectivity index (χ3v) is 5.28. The highest BCUT2D eigenvalue weighted by Crippen LogP contribution is 2.32. The standard InChI is InChI=1S/C15H21NO10S2/c17-7-10-12(19)13(20)14(21)15(25-10)27-11(16-26-28(22,23)24)6-9(18)8-4-2-1-3-5-8/h1-5,9-10,12-15,17-21H,6-7H2,(H,22,23,24). The van der Waals surface area contributed by atoms with Gasteiger partial charge in [-0.3, -0.25) is 4.55 Å². The van der Waals surface area contributed by atoms with Gasteiger partial charge in [0, 0.05) is 6.42 Å². The maximum absolute atomic E-state index is 10.8.